The third-order valence-corrected chi connectivity index (χ3v) is 3.23. The number of carbonyl (C=O) groups excluding carboxylic acids is 1. The highest BCUT2D eigenvalue weighted by Gasteiger charge is 2.28. The molecule has 0 radical (unpaired) electrons. The molecule has 1 atom stereocenters. The van der Waals surface area contributed by atoms with Crippen molar-refractivity contribution < 1.29 is 9.53 Å². The molecule has 1 aliphatic rings. The van der Waals surface area contributed by atoms with Gasteiger partial charge in [-0.3, -0.25) is 0 Å². The van der Waals surface area contributed by atoms with Crippen molar-refractivity contribution >= 4 is 6.09 Å². The van der Waals surface area contributed by atoms with Crippen molar-refractivity contribution in [1.29, 1.82) is 0 Å². The average Bonchev–Trinajstić information content (AvgIpc) is 2.34. The summed E-state index contributed by atoms with van der Waals surface area (Å²) in [5, 5.41) is 3.26. The van der Waals surface area contributed by atoms with Crippen LogP contribution in [0, 0.1) is 5.92 Å². The minimum atomic E-state index is -0.422. The fourth-order valence-corrected chi connectivity index (χ4v) is 2.42. The van der Waals surface area contributed by atoms with Gasteiger partial charge in [0.15, 0.2) is 0 Å². The Balaban J connectivity index is 2.64. The first kappa shape index (κ1) is 15.9. The molecule has 1 N–H and O–H groups in total. The summed E-state index contributed by atoms with van der Waals surface area (Å²) in [6, 6.07) is 0. The molecule has 1 unspecified atom stereocenters. The molecule has 4 heteroatoms. The third kappa shape index (κ3) is 5.13. The van der Waals surface area contributed by atoms with E-state index in [2.05, 4.69) is 18.3 Å². The molecule has 110 valence electrons. The van der Waals surface area contributed by atoms with E-state index in [1.165, 1.54) is 5.70 Å². The van der Waals surface area contributed by atoms with Crippen LogP contribution >= 0.6 is 0 Å². The Morgan fingerprint density at radius 1 is 1.47 bits per heavy atom. The minimum absolute atomic E-state index is 0.191. The van der Waals surface area contributed by atoms with E-state index in [9.17, 15) is 4.79 Å². The molecule has 4 nitrogen and oxygen atoms in total. The van der Waals surface area contributed by atoms with Crippen molar-refractivity contribution in [3.8, 4) is 0 Å². The molecule has 0 aromatic heterocycles. The van der Waals surface area contributed by atoms with Crippen molar-refractivity contribution in [2.24, 2.45) is 5.92 Å². The molecule has 1 amide bonds. The van der Waals surface area contributed by atoms with E-state index in [-0.39, 0.29) is 6.09 Å². The normalized spacial score (nSPS) is 21.2. The van der Waals surface area contributed by atoms with Crippen LogP contribution in [0.4, 0.5) is 4.79 Å². The maximum Gasteiger partial charge on any atom is 0.410 e. The molecule has 0 spiro atoms. The summed E-state index contributed by atoms with van der Waals surface area (Å²) in [5.41, 5.74) is 0.825. The molecule has 1 rings (SSSR count). The molecular weight excluding hydrogens is 240 g/mol. The first-order chi connectivity index (χ1) is 8.87. The van der Waals surface area contributed by atoms with Crippen molar-refractivity contribution in [3.63, 3.8) is 0 Å². The maximum absolute atomic E-state index is 12.1. The molecule has 0 aliphatic carbocycles. The zero-order valence-electron chi connectivity index (χ0n) is 13.0. The average molecular weight is 268 g/mol. The fraction of sp³-hybridized carbons (Fsp3) is 0.800. The molecule has 0 saturated carbocycles. The molecule has 1 aliphatic heterocycles. The Bertz CT molecular complexity index is 332. The summed E-state index contributed by atoms with van der Waals surface area (Å²) in [6.07, 6.45) is 5.20. The SMILES string of the molecule is CC/C=C(\NC)C1CCCN(C(=O)OC(C)(C)C)C1. The van der Waals surface area contributed by atoms with Crippen LogP contribution < -0.4 is 5.32 Å². The predicted molar refractivity (Wildman–Crippen MR) is 78.0 cm³/mol. The van der Waals surface area contributed by atoms with E-state index in [4.69, 9.17) is 4.74 Å². The summed E-state index contributed by atoms with van der Waals surface area (Å²) < 4.78 is 5.45. The number of allylic oxidation sites excluding steroid dienone is 1. The number of hydrogen-bond donors (Lipinski definition) is 1. The number of amides is 1. The number of carbonyl (C=O) groups is 1. The van der Waals surface area contributed by atoms with Crippen LogP contribution in [0.15, 0.2) is 11.8 Å². The van der Waals surface area contributed by atoms with Gasteiger partial charge < -0.3 is 15.0 Å². The highest BCUT2D eigenvalue weighted by Crippen LogP contribution is 2.23. The second-order valence-corrected chi connectivity index (χ2v) is 6.08. The van der Waals surface area contributed by atoms with Crippen molar-refractivity contribution in [2.75, 3.05) is 20.1 Å². The van der Waals surface area contributed by atoms with Crippen LogP contribution in [0.2, 0.25) is 0 Å². The van der Waals surface area contributed by atoms with Crippen LogP contribution in [-0.2, 0) is 4.74 Å². The molecule has 0 aromatic rings. The third-order valence-electron chi connectivity index (χ3n) is 3.23. The summed E-state index contributed by atoms with van der Waals surface area (Å²) in [5.74, 6) is 0.409. The highest BCUT2D eigenvalue weighted by atomic mass is 16.6. The van der Waals surface area contributed by atoms with E-state index in [1.807, 2.05) is 32.7 Å². The molecule has 0 bridgehead atoms. The second-order valence-electron chi connectivity index (χ2n) is 6.08. The molecule has 0 aromatic carbocycles. The smallest absolute Gasteiger partial charge is 0.410 e. The Morgan fingerprint density at radius 2 is 2.16 bits per heavy atom. The molecule has 1 fully saturated rings. The van der Waals surface area contributed by atoms with Gasteiger partial charge in [0.2, 0.25) is 0 Å². The van der Waals surface area contributed by atoms with Crippen LogP contribution in [0.3, 0.4) is 0 Å². The summed E-state index contributed by atoms with van der Waals surface area (Å²) in [4.78, 5) is 13.9. The fourth-order valence-electron chi connectivity index (χ4n) is 2.42. The van der Waals surface area contributed by atoms with Gasteiger partial charge in [-0.1, -0.05) is 13.0 Å². The largest absolute Gasteiger partial charge is 0.444 e. The van der Waals surface area contributed by atoms with Crippen LogP contribution in [0.25, 0.3) is 0 Å². The number of likely N-dealkylation sites (tertiary alicyclic amines) is 1. The molecule has 1 saturated heterocycles. The van der Waals surface area contributed by atoms with Crippen LogP contribution in [0.5, 0.6) is 0 Å². The van der Waals surface area contributed by atoms with Crippen LogP contribution in [0.1, 0.15) is 47.0 Å². The molecular formula is C15H28N2O2. The number of piperidine rings is 1. The van der Waals surface area contributed by atoms with Gasteiger partial charge in [0, 0.05) is 31.8 Å². The van der Waals surface area contributed by atoms with Gasteiger partial charge in [-0.2, -0.15) is 0 Å². The summed E-state index contributed by atoms with van der Waals surface area (Å²) >= 11 is 0. The second kappa shape index (κ2) is 6.83. The Kier molecular flexibility index (Phi) is 5.70. The quantitative estimate of drug-likeness (QED) is 0.855. The standard InChI is InChI=1S/C15H28N2O2/c1-6-8-13(16-5)12-9-7-10-17(11-12)14(18)19-15(2,3)4/h8,12,16H,6-7,9-11H2,1-5H3/b13-8-. The van der Waals surface area contributed by atoms with Gasteiger partial charge in [-0.05, 0) is 40.0 Å². The zero-order valence-corrected chi connectivity index (χ0v) is 13.0. The van der Waals surface area contributed by atoms with Crippen molar-refractivity contribution in [2.45, 2.75) is 52.6 Å². The van der Waals surface area contributed by atoms with E-state index in [1.54, 1.807) is 0 Å². The minimum Gasteiger partial charge on any atom is -0.444 e. The monoisotopic (exact) mass is 268 g/mol. The van der Waals surface area contributed by atoms with Gasteiger partial charge in [0.1, 0.15) is 5.60 Å². The van der Waals surface area contributed by atoms with E-state index >= 15 is 0 Å². The number of ether oxygens (including phenoxy) is 1. The van der Waals surface area contributed by atoms with Crippen molar-refractivity contribution in [3.05, 3.63) is 11.8 Å². The molecule has 19 heavy (non-hydrogen) atoms. The Hall–Kier alpha value is -1.19. The predicted octanol–water partition coefficient (Wildman–Crippen LogP) is 3.15. The first-order valence-electron chi connectivity index (χ1n) is 7.23. The summed E-state index contributed by atoms with van der Waals surface area (Å²) in [6.45, 7) is 9.40. The molecule has 1 heterocycles. The van der Waals surface area contributed by atoms with E-state index in [0.717, 1.165) is 32.4 Å². The number of rotatable bonds is 3. The zero-order chi connectivity index (χ0) is 14.5. The number of hydrogen-bond acceptors (Lipinski definition) is 3. The lowest BCUT2D eigenvalue weighted by atomic mass is 9.94. The van der Waals surface area contributed by atoms with E-state index in [0.29, 0.717) is 5.92 Å². The number of nitrogens with one attached hydrogen (secondary N) is 1. The summed E-state index contributed by atoms with van der Waals surface area (Å²) in [7, 11) is 1.95. The van der Waals surface area contributed by atoms with Gasteiger partial charge in [0.25, 0.3) is 0 Å². The van der Waals surface area contributed by atoms with Crippen LogP contribution in [-0.4, -0.2) is 36.7 Å². The van der Waals surface area contributed by atoms with Gasteiger partial charge in [-0.25, -0.2) is 4.79 Å². The van der Waals surface area contributed by atoms with Gasteiger partial charge in [0.05, 0.1) is 0 Å². The Morgan fingerprint density at radius 3 is 2.68 bits per heavy atom. The maximum atomic E-state index is 12.1. The first-order valence-corrected chi connectivity index (χ1v) is 7.23. The van der Waals surface area contributed by atoms with Crippen molar-refractivity contribution in [1.82, 2.24) is 10.2 Å². The number of nitrogens with zero attached hydrogens (tertiary/aromatic N) is 1. The van der Waals surface area contributed by atoms with E-state index < -0.39 is 5.60 Å². The van der Waals surface area contributed by atoms with Gasteiger partial charge >= 0.3 is 6.09 Å². The Labute approximate surface area is 117 Å². The van der Waals surface area contributed by atoms with Gasteiger partial charge in [-0.15, -0.1) is 0 Å². The topological polar surface area (TPSA) is 41.6 Å². The highest BCUT2D eigenvalue weighted by molar-refractivity contribution is 5.68. The lowest BCUT2D eigenvalue weighted by molar-refractivity contribution is 0.0180. The lowest BCUT2D eigenvalue weighted by Gasteiger charge is -2.35. The lowest BCUT2D eigenvalue weighted by Crippen LogP contribution is -2.44.